The molecule has 3 aromatic carbocycles. The molecule has 4 aromatic rings. The van der Waals surface area contributed by atoms with Crippen molar-refractivity contribution in [3.8, 4) is 11.5 Å². The van der Waals surface area contributed by atoms with Crippen molar-refractivity contribution in [2.75, 3.05) is 5.32 Å². The molecule has 1 aromatic heterocycles. The maximum Gasteiger partial charge on any atom is 0.270 e. The molecule has 0 unspecified atom stereocenters. The van der Waals surface area contributed by atoms with Crippen molar-refractivity contribution in [2.24, 2.45) is 0 Å². The molecular formula is C20H13N3O4S. The molecule has 138 valence electrons. The van der Waals surface area contributed by atoms with Crippen LogP contribution in [0.3, 0.4) is 0 Å². The van der Waals surface area contributed by atoms with Crippen LogP contribution < -0.4 is 10.1 Å². The first-order valence-electron chi connectivity index (χ1n) is 8.28. The third-order valence-corrected chi connectivity index (χ3v) is 4.83. The first-order chi connectivity index (χ1) is 13.6. The molecule has 0 aliphatic carbocycles. The van der Waals surface area contributed by atoms with Crippen molar-refractivity contribution in [1.82, 2.24) is 4.98 Å². The van der Waals surface area contributed by atoms with E-state index in [1.807, 2.05) is 30.3 Å². The van der Waals surface area contributed by atoms with Gasteiger partial charge in [0.1, 0.15) is 11.5 Å². The van der Waals surface area contributed by atoms with E-state index >= 15 is 0 Å². The number of hydrogen-bond donors (Lipinski definition) is 1. The molecular weight excluding hydrogens is 378 g/mol. The summed E-state index contributed by atoms with van der Waals surface area (Å²) in [6.07, 6.45) is 0. The number of carbonyl (C=O) groups excluding carboxylic acids is 1. The molecule has 1 heterocycles. The standard InChI is InChI=1S/C20H13N3O4S/c24-19(13-6-9-16(10-7-13)27-15-4-2-1-3-5-15)22-20-21-17-11-8-14(23(25)26)12-18(17)28-20/h1-12H,(H,21,22,24). The molecule has 0 saturated carbocycles. The van der Waals surface area contributed by atoms with Crippen LogP contribution in [0.4, 0.5) is 10.8 Å². The summed E-state index contributed by atoms with van der Waals surface area (Å²) >= 11 is 1.18. The summed E-state index contributed by atoms with van der Waals surface area (Å²) in [5.41, 5.74) is 1.03. The molecule has 7 nitrogen and oxygen atoms in total. The normalized spacial score (nSPS) is 10.6. The Morgan fingerprint density at radius 1 is 1.00 bits per heavy atom. The van der Waals surface area contributed by atoms with Gasteiger partial charge in [-0.3, -0.25) is 20.2 Å². The number of hydrogen-bond acceptors (Lipinski definition) is 6. The van der Waals surface area contributed by atoms with Crippen LogP contribution in [0.15, 0.2) is 72.8 Å². The summed E-state index contributed by atoms with van der Waals surface area (Å²) < 4.78 is 6.34. The average molecular weight is 391 g/mol. The molecule has 0 atom stereocenters. The molecule has 0 saturated heterocycles. The van der Waals surface area contributed by atoms with Crippen molar-refractivity contribution in [3.05, 3.63) is 88.5 Å². The zero-order chi connectivity index (χ0) is 19.5. The fourth-order valence-electron chi connectivity index (χ4n) is 2.55. The number of non-ortho nitro benzene ring substituents is 1. The molecule has 1 N–H and O–H groups in total. The maximum absolute atomic E-state index is 12.4. The molecule has 4 rings (SSSR count). The largest absolute Gasteiger partial charge is 0.457 e. The summed E-state index contributed by atoms with van der Waals surface area (Å²) in [5, 5.41) is 14.0. The van der Waals surface area contributed by atoms with Crippen molar-refractivity contribution in [2.45, 2.75) is 0 Å². The Bertz CT molecular complexity index is 1160. The molecule has 1 amide bonds. The second-order valence-electron chi connectivity index (χ2n) is 5.82. The van der Waals surface area contributed by atoms with Gasteiger partial charge in [0.05, 0.1) is 15.1 Å². The number of para-hydroxylation sites is 1. The zero-order valence-electron chi connectivity index (χ0n) is 14.4. The Kier molecular flexibility index (Phi) is 4.69. The van der Waals surface area contributed by atoms with Crippen LogP contribution >= 0.6 is 11.3 Å². The topological polar surface area (TPSA) is 94.4 Å². The predicted molar refractivity (Wildman–Crippen MR) is 107 cm³/mol. The lowest BCUT2D eigenvalue weighted by atomic mass is 10.2. The third kappa shape index (κ3) is 3.81. The number of rotatable bonds is 5. The van der Waals surface area contributed by atoms with Gasteiger partial charge in [0, 0.05) is 17.7 Å². The number of nitrogens with zero attached hydrogens (tertiary/aromatic N) is 2. The van der Waals surface area contributed by atoms with Crippen LogP contribution in [0.2, 0.25) is 0 Å². The monoisotopic (exact) mass is 391 g/mol. The molecule has 0 spiro atoms. The van der Waals surface area contributed by atoms with E-state index in [4.69, 9.17) is 4.74 Å². The van der Waals surface area contributed by atoms with Gasteiger partial charge in [-0.25, -0.2) is 4.98 Å². The van der Waals surface area contributed by atoms with E-state index in [1.54, 1.807) is 30.3 Å². The fourth-order valence-corrected chi connectivity index (χ4v) is 3.44. The number of ether oxygens (including phenoxy) is 1. The van der Waals surface area contributed by atoms with Crippen molar-refractivity contribution in [1.29, 1.82) is 0 Å². The fraction of sp³-hybridized carbons (Fsp3) is 0. The smallest absolute Gasteiger partial charge is 0.270 e. The predicted octanol–water partition coefficient (Wildman–Crippen LogP) is 5.25. The van der Waals surface area contributed by atoms with Crippen LogP contribution in [0.5, 0.6) is 11.5 Å². The Morgan fingerprint density at radius 2 is 1.71 bits per heavy atom. The molecule has 0 aliphatic heterocycles. The van der Waals surface area contributed by atoms with Gasteiger partial charge in [0.15, 0.2) is 5.13 Å². The van der Waals surface area contributed by atoms with Crippen LogP contribution in [0.25, 0.3) is 10.2 Å². The van der Waals surface area contributed by atoms with Crippen LogP contribution in [0, 0.1) is 10.1 Å². The van der Waals surface area contributed by atoms with Crippen LogP contribution in [0.1, 0.15) is 10.4 Å². The molecule has 0 radical (unpaired) electrons. The summed E-state index contributed by atoms with van der Waals surface area (Å²) in [5.74, 6) is 1.01. The van der Waals surface area contributed by atoms with Gasteiger partial charge in [0.25, 0.3) is 11.6 Å². The first-order valence-corrected chi connectivity index (χ1v) is 9.09. The van der Waals surface area contributed by atoms with Crippen molar-refractivity contribution in [3.63, 3.8) is 0 Å². The Labute approximate surface area is 163 Å². The van der Waals surface area contributed by atoms with Gasteiger partial charge < -0.3 is 4.74 Å². The molecule has 28 heavy (non-hydrogen) atoms. The van der Waals surface area contributed by atoms with E-state index < -0.39 is 4.92 Å². The Morgan fingerprint density at radius 3 is 2.43 bits per heavy atom. The van der Waals surface area contributed by atoms with Gasteiger partial charge in [-0.1, -0.05) is 29.5 Å². The summed E-state index contributed by atoms with van der Waals surface area (Å²) in [6, 6.07) is 20.5. The average Bonchev–Trinajstić information content (AvgIpc) is 3.10. The number of benzene rings is 3. The second-order valence-corrected chi connectivity index (χ2v) is 6.85. The molecule has 0 bridgehead atoms. The molecule has 0 fully saturated rings. The SMILES string of the molecule is O=C(Nc1nc2ccc([N+](=O)[O-])cc2s1)c1ccc(Oc2ccccc2)cc1. The number of nitrogens with one attached hydrogen (secondary N) is 1. The summed E-state index contributed by atoms with van der Waals surface area (Å²) in [6.45, 7) is 0. The number of nitro benzene ring substituents is 1. The van der Waals surface area contributed by atoms with E-state index in [1.165, 1.54) is 23.5 Å². The van der Waals surface area contributed by atoms with Gasteiger partial charge in [-0.15, -0.1) is 0 Å². The lowest BCUT2D eigenvalue weighted by molar-refractivity contribution is -0.384. The van der Waals surface area contributed by atoms with Crippen molar-refractivity contribution >= 4 is 38.3 Å². The number of thiazole rings is 1. The van der Waals surface area contributed by atoms with Gasteiger partial charge in [-0.05, 0) is 42.5 Å². The highest BCUT2D eigenvalue weighted by atomic mass is 32.1. The van der Waals surface area contributed by atoms with E-state index in [9.17, 15) is 14.9 Å². The lowest BCUT2D eigenvalue weighted by Crippen LogP contribution is -2.11. The highest BCUT2D eigenvalue weighted by Crippen LogP contribution is 2.29. The third-order valence-electron chi connectivity index (χ3n) is 3.90. The number of amides is 1. The van der Waals surface area contributed by atoms with Gasteiger partial charge in [0.2, 0.25) is 0 Å². The number of fused-ring (bicyclic) bond motifs is 1. The molecule has 8 heteroatoms. The minimum atomic E-state index is -0.462. The first kappa shape index (κ1) is 17.6. The Hall–Kier alpha value is -3.78. The number of anilines is 1. The lowest BCUT2D eigenvalue weighted by Gasteiger charge is -2.06. The van der Waals surface area contributed by atoms with E-state index in [-0.39, 0.29) is 11.6 Å². The second kappa shape index (κ2) is 7.45. The Balaban J connectivity index is 1.47. The number of nitro groups is 1. The summed E-state index contributed by atoms with van der Waals surface area (Å²) in [7, 11) is 0. The molecule has 0 aliphatic rings. The van der Waals surface area contributed by atoms with Crippen LogP contribution in [-0.2, 0) is 0 Å². The van der Waals surface area contributed by atoms with Gasteiger partial charge in [-0.2, -0.15) is 0 Å². The van der Waals surface area contributed by atoms with Gasteiger partial charge >= 0.3 is 0 Å². The number of aromatic nitrogens is 1. The van der Waals surface area contributed by atoms with E-state index in [0.717, 1.165) is 0 Å². The quantitative estimate of drug-likeness (QED) is 0.370. The highest BCUT2D eigenvalue weighted by Gasteiger charge is 2.13. The van der Waals surface area contributed by atoms with Crippen LogP contribution in [-0.4, -0.2) is 15.8 Å². The maximum atomic E-state index is 12.4. The minimum absolute atomic E-state index is 0.0111. The number of carbonyl (C=O) groups is 1. The highest BCUT2D eigenvalue weighted by molar-refractivity contribution is 7.22. The van der Waals surface area contributed by atoms with Crippen molar-refractivity contribution < 1.29 is 14.5 Å². The zero-order valence-corrected chi connectivity index (χ0v) is 15.2. The van der Waals surface area contributed by atoms with E-state index in [0.29, 0.717) is 32.4 Å². The summed E-state index contributed by atoms with van der Waals surface area (Å²) in [4.78, 5) is 27.1. The minimum Gasteiger partial charge on any atom is -0.457 e. The van der Waals surface area contributed by atoms with E-state index in [2.05, 4.69) is 10.3 Å².